The second-order valence-corrected chi connectivity index (χ2v) is 9.59. The summed E-state index contributed by atoms with van der Waals surface area (Å²) in [5, 5.41) is 8.10. The lowest BCUT2D eigenvalue weighted by Crippen LogP contribution is -2.42. The van der Waals surface area contributed by atoms with E-state index in [2.05, 4.69) is 37.6 Å². The van der Waals surface area contributed by atoms with Crippen molar-refractivity contribution in [2.24, 2.45) is 0 Å². The van der Waals surface area contributed by atoms with Gasteiger partial charge in [0.05, 0.1) is 27.2 Å². The standard InChI is InChI=1S/C23H22Cl2N6OS/c24-18-2-1-3-19(25)20(18)31-14-33-21-17(22(31)32)12-27-23(29-21)28-16-6-4-15(5-7-16)13-30-10-8-26-9-11-30/h1-7,12,26H,8-11,13-14H2,(H,27,28,29). The van der Waals surface area contributed by atoms with Gasteiger partial charge in [0.15, 0.2) is 0 Å². The number of nitrogens with zero attached hydrogens (tertiary/aromatic N) is 4. The molecule has 7 nitrogen and oxygen atoms in total. The van der Waals surface area contributed by atoms with Crippen LogP contribution in [0.15, 0.2) is 53.7 Å². The van der Waals surface area contributed by atoms with E-state index >= 15 is 0 Å². The van der Waals surface area contributed by atoms with Gasteiger partial charge in [0, 0.05) is 44.6 Å². The third-order valence-corrected chi connectivity index (χ3v) is 7.17. The summed E-state index contributed by atoms with van der Waals surface area (Å²) in [4.78, 5) is 26.0. The van der Waals surface area contributed by atoms with E-state index in [0.717, 1.165) is 38.4 Å². The molecule has 5 rings (SSSR count). The van der Waals surface area contributed by atoms with Crippen molar-refractivity contribution in [2.45, 2.75) is 11.6 Å². The fourth-order valence-corrected chi connectivity index (χ4v) is 5.42. The van der Waals surface area contributed by atoms with Crippen molar-refractivity contribution in [3.63, 3.8) is 0 Å². The SMILES string of the molecule is O=C1c2cnc(Nc3ccc(CN4CCNCC4)cc3)nc2SCN1c1c(Cl)cccc1Cl. The second-order valence-electron chi connectivity index (χ2n) is 7.84. The predicted octanol–water partition coefficient (Wildman–Crippen LogP) is 4.64. The van der Waals surface area contributed by atoms with Crippen LogP contribution in [0.25, 0.3) is 0 Å². The number of hydrogen-bond donors (Lipinski definition) is 2. The maximum absolute atomic E-state index is 13.1. The molecule has 0 spiro atoms. The molecular formula is C23H22Cl2N6OS. The molecule has 1 saturated heterocycles. The number of anilines is 3. The number of carbonyl (C=O) groups is 1. The highest BCUT2D eigenvalue weighted by molar-refractivity contribution is 7.99. The van der Waals surface area contributed by atoms with Gasteiger partial charge in [0.2, 0.25) is 5.95 Å². The fourth-order valence-electron chi connectivity index (χ4n) is 3.88. The van der Waals surface area contributed by atoms with E-state index in [-0.39, 0.29) is 5.91 Å². The molecule has 2 N–H and O–H groups in total. The van der Waals surface area contributed by atoms with Crippen LogP contribution in [0.3, 0.4) is 0 Å². The number of rotatable bonds is 5. The molecule has 10 heteroatoms. The molecule has 170 valence electrons. The Hall–Kier alpha value is -2.36. The van der Waals surface area contributed by atoms with E-state index in [9.17, 15) is 4.79 Å². The summed E-state index contributed by atoms with van der Waals surface area (Å²) in [6.45, 7) is 5.17. The number of nitrogens with one attached hydrogen (secondary N) is 2. The minimum atomic E-state index is -0.220. The summed E-state index contributed by atoms with van der Waals surface area (Å²) in [7, 11) is 0. The van der Waals surface area contributed by atoms with Crippen molar-refractivity contribution in [1.29, 1.82) is 0 Å². The summed E-state index contributed by atoms with van der Waals surface area (Å²) in [5.41, 5.74) is 3.11. The van der Waals surface area contributed by atoms with Crippen LogP contribution in [0.4, 0.5) is 17.3 Å². The van der Waals surface area contributed by atoms with Crippen LogP contribution in [0.1, 0.15) is 15.9 Å². The average molecular weight is 501 g/mol. The van der Waals surface area contributed by atoms with E-state index in [0.29, 0.717) is 38.1 Å². The molecule has 0 aliphatic carbocycles. The zero-order chi connectivity index (χ0) is 22.8. The van der Waals surface area contributed by atoms with E-state index < -0.39 is 0 Å². The third-order valence-electron chi connectivity index (χ3n) is 5.59. The lowest BCUT2D eigenvalue weighted by atomic mass is 10.2. The maximum atomic E-state index is 13.1. The highest BCUT2D eigenvalue weighted by Gasteiger charge is 2.30. The zero-order valence-corrected chi connectivity index (χ0v) is 20.1. The Kier molecular flexibility index (Phi) is 6.71. The molecule has 3 heterocycles. The monoisotopic (exact) mass is 500 g/mol. The normalized spacial score (nSPS) is 16.5. The fraction of sp³-hybridized carbons (Fsp3) is 0.261. The molecule has 2 aliphatic rings. The Morgan fingerprint density at radius 3 is 2.52 bits per heavy atom. The first-order chi connectivity index (χ1) is 16.1. The van der Waals surface area contributed by atoms with Crippen molar-refractivity contribution >= 4 is 58.2 Å². The van der Waals surface area contributed by atoms with E-state index in [1.807, 2.05) is 12.1 Å². The molecule has 0 unspecified atom stereocenters. The lowest BCUT2D eigenvalue weighted by molar-refractivity contribution is 0.0985. The molecule has 1 amide bonds. The van der Waals surface area contributed by atoms with Crippen molar-refractivity contribution in [3.8, 4) is 0 Å². The van der Waals surface area contributed by atoms with Gasteiger partial charge < -0.3 is 10.6 Å². The van der Waals surface area contributed by atoms with Crippen molar-refractivity contribution in [1.82, 2.24) is 20.2 Å². The molecule has 1 aromatic heterocycles. The van der Waals surface area contributed by atoms with Gasteiger partial charge >= 0.3 is 0 Å². The number of aromatic nitrogens is 2. The molecule has 2 aromatic carbocycles. The molecule has 3 aromatic rings. The summed E-state index contributed by atoms with van der Waals surface area (Å²) in [5.74, 6) is 0.600. The Morgan fingerprint density at radius 1 is 1.06 bits per heavy atom. The van der Waals surface area contributed by atoms with Crippen LogP contribution >= 0.6 is 35.0 Å². The Labute approximate surface area is 206 Å². The molecule has 2 aliphatic heterocycles. The summed E-state index contributed by atoms with van der Waals surface area (Å²) in [6, 6.07) is 13.5. The van der Waals surface area contributed by atoms with Gasteiger partial charge in [-0.1, -0.05) is 53.2 Å². The van der Waals surface area contributed by atoms with Crippen LogP contribution in [-0.4, -0.2) is 52.8 Å². The van der Waals surface area contributed by atoms with Crippen molar-refractivity contribution < 1.29 is 4.79 Å². The summed E-state index contributed by atoms with van der Waals surface area (Å²) >= 11 is 14.0. The topological polar surface area (TPSA) is 73.4 Å². The number of thioether (sulfide) groups is 1. The molecule has 0 saturated carbocycles. The van der Waals surface area contributed by atoms with Gasteiger partial charge in [0.1, 0.15) is 5.03 Å². The molecule has 0 bridgehead atoms. The first-order valence-electron chi connectivity index (χ1n) is 10.6. The Bertz CT molecular complexity index is 1150. The van der Waals surface area contributed by atoms with Crippen LogP contribution in [0.2, 0.25) is 10.0 Å². The highest BCUT2D eigenvalue weighted by Crippen LogP contribution is 2.39. The van der Waals surface area contributed by atoms with Crippen LogP contribution in [-0.2, 0) is 6.54 Å². The lowest BCUT2D eigenvalue weighted by Gasteiger charge is -2.28. The number of para-hydroxylation sites is 1. The van der Waals surface area contributed by atoms with Gasteiger partial charge in [-0.15, -0.1) is 0 Å². The molecule has 0 radical (unpaired) electrons. The number of amides is 1. The number of benzene rings is 2. The Morgan fingerprint density at radius 2 is 1.79 bits per heavy atom. The van der Waals surface area contributed by atoms with Crippen LogP contribution in [0, 0.1) is 0 Å². The smallest absolute Gasteiger partial charge is 0.263 e. The van der Waals surface area contributed by atoms with Gasteiger partial charge in [0.25, 0.3) is 5.91 Å². The minimum Gasteiger partial charge on any atom is -0.324 e. The number of piperazine rings is 1. The van der Waals surface area contributed by atoms with E-state index in [1.165, 1.54) is 17.3 Å². The first kappa shape index (κ1) is 22.4. The molecule has 33 heavy (non-hydrogen) atoms. The van der Waals surface area contributed by atoms with Gasteiger partial charge in [-0.25, -0.2) is 9.97 Å². The summed E-state index contributed by atoms with van der Waals surface area (Å²) in [6.07, 6.45) is 1.55. The van der Waals surface area contributed by atoms with Crippen molar-refractivity contribution in [3.05, 3.63) is 69.8 Å². The Balaban J connectivity index is 1.28. The van der Waals surface area contributed by atoms with E-state index in [4.69, 9.17) is 23.2 Å². The van der Waals surface area contributed by atoms with Crippen molar-refractivity contribution in [2.75, 3.05) is 42.3 Å². The molecule has 0 atom stereocenters. The van der Waals surface area contributed by atoms with Crippen LogP contribution in [0.5, 0.6) is 0 Å². The van der Waals surface area contributed by atoms with Gasteiger partial charge in [-0.05, 0) is 29.8 Å². The van der Waals surface area contributed by atoms with E-state index in [1.54, 1.807) is 29.3 Å². The third kappa shape index (κ3) is 4.95. The minimum absolute atomic E-state index is 0.220. The largest absolute Gasteiger partial charge is 0.324 e. The molecule has 1 fully saturated rings. The predicted molar refractivity (Wildman–Crippen MR) is 134 cm³/mol. The number of fused-ring (bicyclic) bond motifs is 1. The van der Waals surface area contributed by atoms with Gasteiger partial charge in [-0.3, -0.25) is 14.6 Å². The van der Waals surface area contributed by atoms with Gasteiger partial charge in [-0.2, -0.15) is 0 Å². The maximum Gasteiger partial charge on any atom is 0.263 e. The number of hydrogen-bond acceptors (Lipinski definition) is 7. The molecular weight excluding hydrogens is 479 g/mol. The zero-order valence-electron chi connectivity index (χ0n) is 17.7. The number of carbonyl (C=O) groups excluding carboxylic acids is 1. The average Bonchev–Trinajstić information content (AvgIpc) is 2.82. The van der Waals surface area contributed by atoms with Crippen LogP contribution < -0.4 is 15.5 Å². The second kappa shape index (κ2) is 9.87. The first-order valence-corrected chi connectivity index (χ1v) is 12.4. The highest BCUT2D eigenvalue weighted by atomic mass is 35.5. The quantitative estimate of drug-likeness (QED) is 0.494. The summed E-state index contributed by atoms with van der Waals surface area (Å²) < 4.78 is 0. The number of halogens is 2.